The zero-order valence-corrected chi connectivity index (χ0v) is 18.3. The van der Waals surface area contributed by atoms with E-state index in [9.17, 15) is 13.2 Å². The van der Waals surface area contributed by atoms with Gasteiger partial charge in [-0.2, -0.15) is 0 Å². The minimum atomic E-state index is -3.00. The molecule has 0 unspecified atom stereocenters. The molecule has 3 aromatic rings. The summed E-state index contributed by atoms with van der Waals surface area (Å²) >= 11 is 6.30. The van der Waals surface area contributed by atoms with Crippen molar-refractivity contribution in [3.8, 4) is 0 Å². The molecule has 6 nitrogen and oxygen atoms in total. The van der Waals surface area contributed by atoms with Gasteiger partial charge in [0, 0.05) is 17.1 Å². The molecule has 1 heterocycles. The van der Waals surface area contributed by atoms with Crippen molar-refractivity contribution in [1.82, 2.24) is 13.9 Å². The number of amides is 1. The Balaban J connectivity index is 1.98. The maximum Gasteiger partial charge on any atom is 0.267 e. The van der Waals surface area contributed by atoms with Gasteiger partial charge in [-0.15, -0.1) is 0 Å². The molecule has 0 bridgehead atoms. The van der Waals surface area contributed by atoms with E-state index >= 15 is 0 Å². The Hall–Kier alpha value is -2.38. The first-order valence-corrected chi connectivity index (χ1v) is 10.9. The first-order chi connectivity index (χ1) is 13.8. The molecule has 0 N–H and O–H groups in total. The fourth-order valence-corrected chi connectivity index (χ4v) is 3.90. The van der Waals surface area contributed by atoms with Crippen LogP contribution >= 0.6 is 11.6 Å². The smallest absolute Gasteiger partial charge is 0.267 e. The van der Waals surface area contributed by atoms with Crippen LogP contribution in [0.15, 0.2) is 42.5 Å². The van der Waals surface area contributed by atoms with Crippen molar-refractivity contribution in [1.29, 1.82) is 0 Å². The highest BCUT2D eigenvalue weighted by atomic mass is 35.5. The van der Waals surface area contributed by atoms with E-state index in [0.29, 0.717) is 29.5 Å². The van der Waals surface area contributed by atoms with Crippen molar-refractivity contribution in [2.24, 2.45) is 5.92 Å². The summed E-state index contributed by atoms with van der Waals surface area (Å²) < 4.78 is 26.2. The van der Waals surface area contributed by atoms with Crippen molar-refractivity contribution < 1.29 is 13.2 Å². The van der Waals surface area contributed by atoms with Crippen LogP contribution in [0.5, 0.6) is 0 Å². The van der Waals surface area contributed by atoms with Gasteiger partial charge in [0.15, 0.2) is 0 Å². The lowest BCUT2D eigenvalue weighted by atomic mass is 10.1. The summed E-state index contributed by atoms with van der Waals surface area (Å²) in [7, 11) is -3.00. The lowest BCUT2D eigenvalue weighted by Gasteiger charge is -2.17. The van der Waals surface area contributed by atoms with Crippen LogP contribution < -0.4 is 0 Å². The number of aromatic nitrogens is 2. The summed E-state index contributed by atoms with van der Waals surface area (Å²) in [6, 6.07) is 12.6. The standard InChI is InChI=1S/C21H24ClN3O3S/c1-14(2)10-11-25(29(27)28)21(26)16-8-9-19-20(12-16)24(15(3)23-19)13-17-6-4-5-7-18(17)22/h4-9,12,14,29H,10-11,13H2,1-3H3. The number of carbonyl (C=O) groups is 1. The molecule has 0 aliphatic heterocycles. The van der Waals surface area contributed by atoms with E-state index in [0.717, 1.165) is 26.7 Å². The van der Waals surface area contributed by atoms with Crippen LogP contribution in [0.2, 0.25) is 5.02 Å². The second kappa shape index (κ2) is 8.97. The van der Waals surface area contributed by atoms with Crippen molar-refractivity contribution >= 4 is 39.4 Å². The molecule has 0 radical (unpaired) electrons. The molecule has 0 atom stereocenters. The maximum absolute atomic E-state index is 12.9. The number of benzene rings is 2. The van der Waals surface area contributed by atoms with E-state index in [1.165, 1.54) is 0 Å². The van der Waals surface area contributed by atoms with Gasteiger partial charge < -0.3 is 4.57 Å². The molecule has 154 valence electrons. The number of carbonyl (C=O) groups excluding carboxylic acids is 1. The molecule has 0 fully saturated rings. The molecule has 2 aromatic carbocycles. The van der Waals surface area contributed by atoms with Gasteiger partial charge in [-0.25, -0.2) is 17.7 Å². The molecule has 8 heteroatoms. The highest BCUT2D eigenvalue weighted by Gasteiger charge is 2.20. The Morgan fingerprint density at radius 3 is 2.59 bits per heavy atom. The first kappa shape index (κ1) is 21.3. The van der Waals surface area contributed by atoms with E-state index in [1.807, 2.05) is 49.6 Å². The molecular weight excluding hydrogens is 410 g/mol. The zero-order chi connectivity index (χ0) is 21.1. The molecule has 0 aliphatic carbocycles. The Morgan fingerprint density at radius 1 is 1.21 bits per heavy atom. The van der Waals surface area contributed by atoms with Crippen LogP contribution in [0.25, 0.3) is 11.0 Å². The summed E-state index contributed by atoms with van der Waals surface area (Å²) in [6.07, 6.45) is 0.612. The highest BCUT2D eigenvalue weighted by Crippen LogP contribution is 2.23. The molecule has 1 aromatic heterocycles. The third-order valence-corrected chi connectivity index (χ3v) is 5.97. The number of thiol groups is 1. The molecular formula is C21H24ClN3O3S. The Labute approximate surface area is 177 Å². The lowest BCUT2D eigenvalue weighted by Crippen LogP contribution is -2.31. The van der Waals surface area contributed by atoms with E-state index in [4.69, 9.17) is 11.6 Å². The van der Waals surface area contributed by atoms with Gasteiger partial charge in [0.25, 0.3) is 5.91 Å². The monoisotopic (exact) mass is 433 g/mol. The van der Waals surface area contributed by atoms with Crippen molar-refractivity contribution in [3.63, 3.8) is 0 Å². The van der Waals surface area contributed by atoms with Crippen LogP contribution in [0.3, 0.4) is 0 Å². The number of rotatable bonds is 7. The van der Waals surface area contributed by atoms with Gasteiger partial charge in [-0.1, -0.05) is 43.6 Å². The van der Waals surface area contributed by atoms with Gasteiger partial charge in [0.2, 0.25) is 10.9 Å². The third kappa shape index (κ3) is 4.79. The Kier molecular flexibility index (Phi) is 6.59. The van der Waals surface area contributed by atoms with Gasteiger partial charge in [-0.3, -0.25) is 4.79 Å². The average molecular weight is 434 g/mol. The maximum atomic E-state index is 12.9. The van der Waals surface area contributed by atoms with Crippen LogP contribution in [-0.4, -0.2) is 34.7 Å². The van der Waals surface area contributed by atoms with Gasteiger partial charge in [-0.05, 0) is 49.1 Å². The molecule has 0 aliphatic rings. The van der Waals surface area contributed by atoms with Crippen LogP contribution in [0.1, 0.15) is 42.0 Å². The topological polar surface area (TPSA) is 72.3 Å². The molecule has 1 amide bonds. The van der Waals surface area contributed by atoms with E-state index in [1.54, 1.807) is 18.2 Å². The predicted octanol–water partition coefficient (Wildman–Crippen LogP) is 4.06. The molecule has 0 saturated heterocycles. The summed E-state index contributed by atoms with van der Waals surface area (Å²) in [6.45, 7) is 6.55. The average Bonchev–Trinajstić information content (AvgIpc) is 2.97. The summed E-state index contributed by atoms with van der Waals surface area (Å²) in [5.41, 5.74) is 2.76. The summed E-state index contributed by atoms with van der Waals surface area (Å²) in [4.78, 5) is 17.4. The number of hydrogen-bond acceptors (Lipinski definition) is 4. The zero-order valence-electron chi connectivity index (χ0n) is 16.6. The van der Waals surface area contributed by atoms with E-state index in [-0.39, 0.29) is 6.54 Å². The highest BCUT2D eigenvalue weighted by molar-refractivity contribution is 7.70. The van der Waals surface area contributed by atoms with E-state index < -0.39 is 16.8 Å². The normalized spacial score (nSPS) is 11.5. The van der Waals surface area contributed by atoms with Gasteiger partial charge in [0.1, 0.15) is 5.82 Å². The molecule has 3 rings (SSSR count). The fourth-order valence-electron chi connectivity index (χ4n) is 3.16. The number of nitrogens with zero attached hydrogens (tertiary/aromatic N) is 3. The number of halogens is 1. The largest absolute Gasteiger partial charge is 0.324 e. The molecule has 0 saturated carbocycles. The number of fused-ring (bicyclic) bond motifs is 1. The predicted molar refractivity (Wildman–Crippen MR) is 116 cm³/mol. The summed E-state index contributed by atoms with van der Waals surface area (Å²) in [5.74, 6) is 0.560. The fraction of sp³-hybridized carbons (Fsp3) is 0.333. The SMILES string of the molecule is Cc1nc2ccc(C(=O)N(CCC(C)C)[SH](=O)=O)cc2n1Cc1ccccc1Cl. The van der Waals surface area contributed by atoms with Crippen molar-refractivity contribution in [3.05, 3.63) is 64.4 Å². The quantitative estimate of drug-likeness (QED) is 0.570. The second-order valence-corrected chi connectivity index (χ2v) is 8.75. The first-order valence-electron chi connectivity index (χ1n) is 9.44. The van der Waals surface area contributed by atoms with Crippen molar-refractivity contribution in [2.75, 3.05) is 6.54 Å². The lowest BCUT2D eigenvalue weighted by molar-refractivity contribution is 0.0861. The minimum Gasteiger partial charge on any atom is -0.324 e. The van der Waals surface area contributed by atoms with Crippen LogP contribution in [-0.2, 0) is 17.4 Å². The van der Waals surface area contributed by atoms with E-state index in [2.05, 4.69) is 4.98 Å². The Morgan fingerprint density at radius 2 is 1.93 bits per heavy atom. The van der Waals surface area contributed by atoms with Crippen LogP contribution in [0.4, 0.5) is 0 Å². The second-order valence-electron chi connectivity index (χ2n) is 7.39. The van der Waals surface area contributed by atoms with Gasteiger partial charge >= 0.3 is 0 Å². The van der Waals surface area contributed by atoms with Crippen LogP contribution in [0, 0.1) is 12.8 Å². The third-order valence-electron chi connectivity index (χ3n) is 4.82. The summed E-state index contributed by atoms with van der Waals surface area (Å²) in [5, 5.41) is 0.657. The number of aryl methyl sites for hydroxylation is 1. The number of imidazole rings is 1. The molecule has 0 spiro atoms. The number of hydrogen-bond donors (Lipinski definition) is 1. The minimum absolute atomic E-state index is 0.172. The van der Waals surface area contributed by atoms with Gasteiger partial charge in [0.05, 0.1) is 17.6 Å². The van der Waals surface area contributed by atoms with Crippen molar-refractivity contribution in [2.45, 2.75) is 33.7 Å². The Bertz CT molecular complexity index is 1110. The molecule has 29 heavy (non-hydrogen) atoms.